The van der Waals surface area contributed by atoms with Gasteiger partial charge in [-0.05, 0) is 51.3 Å². The van der Waals surface area contributed by atoms with Gasteiger partial charge in [-0.2, -0.15) is 0 Å². The summed E-state index contributed by atoms with van der Waals surface area (Å²) in [5.74, 6) is 2.33. The third-order valence-electron chi connectivity index (χ3n) is 3.72. The molecule has 3 aromatic rings. The van der Waals surface area contributed by atoms with E-state index in [2.05, 4.69) is 21.2 Å². The fraction of sp³-hybridized carbons (Fsp3) is 0.200. The third kappa shape index (κ3) is 5.53. The summed E-state index contributed by atoms with van der Waals surface area (Å²) in [7, 11) is 1.65. The van der Waals surface area contributed by atoms with Crippen molar-refractivity contribution < 1.29 is 26.3 Å². The number of halogens is 2. The number of methoxy groups -OCH3 is 1. The largest absolute Gasteiger partial charge is 1.00 e. The summed E-state index contributed by atoms with van der Waals surface area (Å²) in [5, 5.41) is 3.35. The van der Waals surface area contributed by atoms with Crippen LogP contribution in [0.25, 0.3) is 0 Å². The molecular weight excluding hydrogens is 418 g/mol. The summed E-state index contributed by atoms with van der Waals surface area (Å²) in [6.07, 6.45) is 1.68. The van der Waals surface area contributed by atoms with Crippen LogP contribution < -0.4 is 27.2 Å². The van der Waals surface area contributed by atoms with Crippen LogP contribution in [-0.2, 0) is 19.7 Å². The Morgan fingerprint density at radius 1 is 1.00 bits per heavy atom. The lowest BCUT2D eigenvalue weighted by Gasteiger charge is -2.15. The summed E-state index contributed by atoms with van der Waals surface area (Å²) >= 11 is 3.59. The Hall–Kier alpha value is -1.95. The molecule has 0 saturated heterocycles. The average molecular weight is 438 g/mol. The first-order chi connectivity index (χ1) is 12.3. The van der Waals surface area contributed by atoms with Gasteiger partial charge in [0.25, 0.3) is 0 Å². The molecule has 0 aliphatic rings. The Balaban J connectivity index is 0.00000243. The fourth-order valence-electron chi connectivity index (χ4n) is 2.49. The summed E-state index contributed by atoms with van der Waals surface area (Å²) in [5.41, 5.74) is 2.21. The highest BCUT2D eigenvalue weighted by Crippen LogP contribution is 2.37. The fourth-order valence-corrected chi connectivity index (χ4v) is 3.09. The zero-order valence-corrected chi connectivity index (χ0v) is 16.7. The molecule has 6 heteroatoms. The standard InChI is InChI=1S/C20H20BrNO3.ClH/c1-23-19-11-16(12-22-13-17-8-5-9-24-17)10-18(21)20(19)25-14-15-6-3-2-4-7-15;/h2-11,22H,12-14H2,1H3;1H/p-1. The molecule has 26 heavy (non-hydrogen) atoms. The van der Waals surface area contributed by atoms with E-state index in [0.717, 1.165) is 21.4 Å². The molecular formula is C20H20BrClNO3-. The number of ether oxygens (including phenoxy) is 2. The lowest BCUT2D eigenvalue weighted by molar-refractivity contribution is -0.00000602. The molecule has 4 nitrogen and oxygen atoms in total. The molecule has 0 amide bonds. The molecule has 1 N–H and O–H groups in total. The molecule has 0 spiro atoms. The van der Waals surface area contributed by atoms with Gasteiger partial charge in [-0.25, -0.2) is 0 Å². The van der Waals surface area contributed by atoms with E-state index in [1.807, 2.05) is 54.6 Å². The minimum atomic E-state index is 0. The smallest absolute Gasteiger partial charge is 0.175 e. The number of benzene rings is 2. The molecule has 1 aromatic heterocycles. The van der Waals surface area contributed by atoms with E-state index in [0.29, 0.717) is 31.2 Å². The Morgan fingerprint density at radius 3 is 2.50 bits per heavy atom. The zero-order chi connectivity index (χ0) is 17.5. The van der Waals surface area contributed by atoms with Crippen LogP contribution in [0, 0.1) is 0 Å². The Morgan fingerprint density at radius 2 is 1.81 bits per heavy atom. The maximum atomic E-state index is 5.96. The highest BCUT2D eigenvalue weighted by atomic mass is 79.9. The quantitative estimate of drug-likeness (QED) is 0.585. The monoisotopic (exact) mass is 436 g/mol. The van der Waals surface area contributed by atoms with E-state index < -0.39 is 0 Å². The van der Waals surface area contributed by atoms with Crippen molar-refractivity contribution in [1.82, 2.24) is 5.32 Å². The van der Waals surface area contributed by atoms with Crippen molar-refractivity contribution in [2.24, 2.45) is 0 Å². The van der Waals surface area contributed by atoms with Crippen LogP contribution in [0.3, 0.4) is 0 Å². The van der Waals surface area contributed by atoms with Gasteiger partial charge >= 0.3 is 0 Å². The molecule has 1 heterocycles. The zero-order valence-electron chi connectivity index (χ0n) is 14.4. The summed E-state index contributed by atoms with van der Waals surface area (Å²) in [4.78, 5) is 0. The topological polar surface area (TPSA) is 43.6 Å². The second-order valence-electron chi connectivity index (χ2n) is 5.57. The van der Waals surface area contributed by atoms with E-state index in [1.165, 1.54) is 0 Å². The van der Waals surface area contributed by atoms with Crippen molar-refractivity contribution in [3.8, 4) is 11.5 Å². The van der Waals surface area contributed by atoms with Gasteiger partial charge in [0.15, 0.2) is 11.5 Å². The molecule has 0 bridgehead atoms. The van der Waals surface area contributed by atoms with Crippen LogP contribution in [0.15, 0.2) is 69.8 Å². The number of nitrogens with one attached hydrogen (secondary N) is 1. The van der Waals surface area contributed by atoms with Gasteiger partial charge in [-0.1, -0.05) is 30.3 Å². The van der Waals surface area contributed by atoms with Gasteiger partial charge in [0.1, 0.15) is 12.4 Å². The first kappa shape index (κ1) is 20.4. The van der Waals surface area contributed by atoms with Crippen molar-refractivity contribution in [2.45, 2.75) is 19.7 Å². The summed E-state index contributed by atoms with van der Waals surface area (Å²) < 4.78 is 17.7. The van der Waals surface area contributed by atoms with Crippen molar-refractivity contribution in [2.75, 3.05) is 7.11 Å². The van der Waals surface area contributed by atoms with Gasteiger partial charge in [0, 0.05) is 6.54 Å². The normalized spacial score (nSPS) is 10.2. The maximum Gasteiger partial charge on any atom is 0.175 e. The Kier molecular flexibility index (Phi) is 8.04. The van der Waals surface area contributed by atoms with Gasteiger partial charge in [-0.15, -0.1) is 0 Å². The van der Waals surface area contributed by atoms with E-state index in [1.54, 1.807) is 13.4 Å². The van der Waals surface area contributed by atoms with Crippen LogP contribution in [0.5, 0.6) is 11.5 Å². The average Bonchev–Trinajstić information content (AvgIpc) is 3.15. The minimum absolute atomic E-state index is 0. The van der Waals surface area contributed by atoms with Gasteiger partial charge in [0.2, 0.25) is 0 Å². The van der Waals surface area contributed by atoms with Gasteiger partial charge in [0.05, 0.1) is 24.4 Å². The lowest BCUT2D eigenvalue weighted by Crippen LogP contribution is -3.00. The molecule has 0 saturated carbocycles. The van der Waals surface area contributed by atoms with Crippen molar-refractivity contribution >= 4 is 15.9 Å². The van der Waals surface area contributed by atoms with Crippen molar-refractivity contribution in [3.05, 3.63) is 82.2 Å². The predicted octanol–water partition coefficient (Wildman–Crippen LogP) is 1.92. The first-order valence-corrected chi connectivity index (χ1v) is 8.82. The predicted molar refractivity (Wildman–Crippen MR) is 101 cm³/mol. The molecule has 2 aromatic carbocycles. The van der Waals surface area contributed by atoms with Crippen LogP contribution in [-0.4, -0.2) is 7.11 Å². The molecule has 138 valence electrons. The molecule has 0 atom stereocenters. The van der Waals surface area contributed by atoms with E-state index >= 15 is 0 Å². The van der Waals surface area contributed by atoms with Crippen LogP contribution in [0.1, 0.15) is 16.9 Å². The highest BCUT2D eigenvalue weighted by Gasteiger charge is 2.12. The molecule has 0 unspecified atom stereocenters. The van der Waals surface area contributed by atoms with Crippen LogP contribution >= 0.6 is 15.9 Å². The van der Waals surface area contributed by atoms with Crippen LogP contribution in [0.2, 0.25) is 0 Å². The van der Waals surface area contributed by atoms with Crippen molar-refractivity contribution in [3.63, 3.8) is 0 Å². The van der Waals surface area contributed by atoms with Gasteiger partial charge < -0.3 is 31.6 Å². The van der Waals surface area contributed by atoms with E-state index in [4.69, 9.17) is 13.9 Å². The summed E-state index contributed by atoms with van der Waals surface area (Å²) in [6.45, 7) is 1.87. The summed E-state index contributed by atoms with van der Waals surface area (Å²) in [6, 6.07) is 17.9. The highest BCUT2D eigenvalue weighted by molar-refractivity contribution is 9.10. The molecule has 3 rings (SSSR count). The second-order valence-corrected chi connectivity index (χ2v) is 6.42. The van der Waals surface area contributed by atoms with Crippen LogP contribution in [0.4, 0.5) is 0 Å². The van der Waals surface area contributed by atoms with Gasteiger partial charge in [-0.3, -0.25) is 0 Å². The lowest BCUT2D eigenvalue weighted by atomic mass is 10.2. The third-order valence-corrected chi connectivity index (χ3v) is 4.31. The minimum Gasteiger partial charge on any atom is -1.00 e. The Bertz CT molecular complexity index is 794. The number of hydrogen-bond donors (Lipinski definition) is 1. The van der Waals surface area contributed by atoms with E-state index in [9.17, 15) is 0 Å². The van der Waals surface area contributed by atoms with E-state index in [-0.39, 0.29) is 12.4 Å². The first-order valence-electron chi connectivity index (χ1n) is 8.02. The SMILES string of the molecule is COc1cc(CNCc2ccco2)cc(Br)c1OCc1ccccc1.[Cl-]. The maximum absolute atomic E-state index is 5.96. The molecule has 0 aliphatic carbocycles. The Labute approximate surface area is 168 Å². The van der Waals surface area contributed by atoms with Crippen molar-refractivity contribution in [1.29, 1.82) is 0 Å². The number of hydrogen-bond acceptors (Lipinski definition) is 4. The number of rotatable bonds is 8. The molecule has 0 aliphatic heterocycles. The second kappa shape index (κ2) is 10.3. The number of furan rings is 1. The molecule has 0 radical (unpaired) electrons. The molecule has 0 fully saturated rings.